The van der Waals surface area contributed by atoms with Crippen molar-refractivity contribution in [2.75, 3.05) is 13.7 Å². The molecule has 0 amide bonds. The van der Waals surface area contributed by atoms with Crippen LogP contribution < -0.4 is 10.1 Å². The molecule has 0 bridgehead atoms. The van der Waals surface area contributed by atoms with Gasteiger partial charge in [0.1, 0.15) is 5.75 Å². The van der Waals surface area contributed by atoms with Gasteiger partial charge >= 0.3 is 0 Å². The number of aryl methyl sites for hydroxylation is 1. The van der Waals surface area contributed by atoms with Crippen LogP contribution in [0.4, 0.5) is 0 Å². The summed E-state index contributed by atoms with van der Waals surface area (Å²) in [5.41, 5.74) is 3.55. The summed E-state index contributed by atoms with van der Waals surface area (Å²) in [6.07, 6.45) is 0. The molecule has 0 saturated carbocycles. The lowest BCUT2D eigenvalue weighted by atomic mass is 9.96. The molecule has 2 rings (SSSR count). The lowest BCUT2D eigenvalue weighted by Crippen LogP contribution is -2.19. The van der Waals surface area contributed by atoms with E-state index in [4.69, 9.17) is 4.74 Å². The highest BCUT2D eigenvalue weighted by molar-refractivity contribution is 9.10. The normalized spacial score (nSPS) is 12.2. The Bertz CT molecular complexity index is 628. The molecule has 0 heterocycles. The van der Waals surface area contributed by atoms with Gasteiger partial charge < -0.3 is 10.1 Å². The standard InChI is InChI=1S/C17H19Br2NO/c1-4-21-15-9-8-12(18)10-14(15)17(20-3)13-7-5-6-11(2)16(13)19/h5-10,17,20H,4H2,1-3H3. The van der Waals surface area contributed by atoms with E-state index in [-0.39, 0.29) is 6.04 Å². The van der Waals surface area contributed by atoms with Gasteiger partial charge in [-0.15, -0.1) is 0 Å². The molecule has 0 aliphatic rings. The highest BCUT2D eigenvalue weighted by Gasteiger charge is 2.20. The van der Waals surface area contributed by atoms with E-state index in [2.05, 4.69) is 68.4 Å². The first-order valence-corrected chi connectivity index (χ1v) is 8.51. The Hall–Kier alpha value is -0.840. The zero-order valence-corrected chi connectivity index (χ0v) is 15.6. The molecule has 1 N–H and O–H groups in total. The minimum atomic E-state index is 0.0679. The second kappa shape index (κ2) is 7.43. The van der Waals surface area contributed by atoms with Crippen molar-refractivity contribution in [2.45, 2.75) is 19.9 Å². The van der Waals surface area contributed by atoms with Crippen molar-refractivity contribution < 1.29 is 4.74 Å². The average Bonchev–Trinajstić information content (AvgIpc) is 2.47. The third-order valence-electron chi connectivity index (χ3n) is 3.40. The SMILES string of the molecule is CCOc1ccc(Br)cc1C(NC)c1cccc(C)c1Br. The topological polar surface area (TPSA) is 21.3 Å². The maximum Gasteiger partial charge on any atom is 0.124 e. The number of nitrogens with one attached hydrogen (secondary N) is 1. The molecule has 0 spiro atoms. The van der Waals surface area contributed by atoms with Crippen LogP contribution in [0.25, 0.3) is 0 Å². The van der Waals surface area contributed by atoms with Gasteiger partial charge in [-0.25, -0.2) is 0 Å². The highest BCUT2D eigenvalue weighted by Crippen LogP contribution is 2.36. The van der Waals surface area contributed by atoms with Gasteiger partial charge in [-0.3, -0.25) is 0 Å². The molecule has 2 aromatic rings. The number of halogens is 2. The summed E-state index contributed by atoms with van der Waals surface area (Å²) in [7, 11) is 1.97. The van der Waals surface area contributed by atoms with Gasteiger partial charge in [-0.1, -0.05) is 50.1 Å². The van der Waals surface area contributed by atoms with E-state index < -0.39 is 0 Å². The van der Waals surface area contributed by atoms with Crippen LogP contribution in [0, 0.1) is 6.92 Å². The van der Waals surface area contributed by atoms with E-state index in [1.165, 1.54) is 11.1 Å². The van der Waals surface area contributed by atoms with Gasteiger partial charge in [-0.2, -0.15) is 0 Å². The maximum absolute atomic E-state index is 5.79. The monoisotopic (exact) mass is 411 g/mol. The van der Waals surface area contributed by atoms with Crippen molar-refractivity contribution in [3.05, 3.63) is 62.0 Å². The first-order valence-electron chi connectivity index (χ1n) is 6.93. The molecular formula is C17H19Br2NO. The predicted molar refractivity (Wildman–Crippen MR) is 95.1 cm³/mol. The summed E-state index contributed by atoms with van der Waals surface area (Å²) in [5, 5.41) is 3.40. The number of hydrogen-bond acceptors (Lipinski definition) is 2. The van der Waals surface area contributed by atoms with E-state index in [1.54, 1.807) is 0 Å². The van der Waals surface area contributed by atoms with Crippen LogP contribution in [-0.2, 0) is 0 Å². The molecule has 2 nitrogen and oxygen atoms in total. The fourth-order valence-electron chi connectivity index (χ4n) is 2.40. The van der Waals surface area contributed by atoms with Gasteiger partial charge in [0.05, 0.1) is 12.6 Å². The lowest BCUT2D eigenvalue weighted by molar-refractivity contribution is 0.334. The van der Waals surface area contributed by atoms with Crippen molar-refractivity contribution >= 4 is 31.9 Å². The molecule has 0 aliphatic carbocycles. The van der Waals surface area contributed by atoms with Crippen LogP contribution >= 0.6 is 31.9 Å². The van der Waals surface area contributed by atoms with E-state index >= 15 is 0 Å². The predicted octanol–water partition coefficient (Wildman–Crippen LogP) is 5.23. The molecule has 4 heteroatoms. The molecule has 0 aromatic heterocycles. The van der Waals surface area contributed by atoms with Crippen LogP contribution in [0.3, 0.4) is 0 Å². The quantitative estimate of drug-likeness (QED) is 0.725. The van der Waals surface area contributed by atoms with Crippen LogP contribution in [-0.4, -0.2) is 13.7 Å². The maximum atomic E-state index is 5.79. The average molecular weight is 413 g/mol. The number of ether oxygens (including phenoxy) is 1. The molecule has 0 fully saturated rings. The molecular weight excluding hydrogens is 394 g/mol. The van der Waals surface area contributed by atoms with Crippen molar-refractivity contribution in [2.24, 2.45) is 0 Å². The highest BCUT2D eigenvalue weighted by atomic mass is 79.9. The van der Waals surface area contributed by atoms with Crippen LogP contribution in [0.15, 0.2) is 45.3 Å². The molecule has 21 heavy (non-hydrogen) atoms. The van der Waals surface area contributed by atoms with Gasteiger partial charge in [-0.05, 0) is 50.2 Å². The first kappa shape index (κ1) is 16.5. The molecule has 0 aliphatic heterocycles. The Balaban J connectivity index is 2.55. The minimum Gasteiger partial charge on any atom is -0.494 e. The van der Waals surface area contributed by atoms with Crippen molar-refractivity contribution in [3.63, 3.8) is 0 Å². The van der Waals surface area contributed by atoms with Gasteiger partial charge in [0.15, 0.2) is 0 Å². The van der Waals surface area contributed by atoms with E-state index in [9.17, 15) is 0 Å². The van der Waals surface area contributed by atoms with E-state index in [1.807, 2.05) is 26.1 Å². The molecule has 0 radical (unpaired) electrons. The fraction of sp³-hybridized carbons (Fsp3) is 0.294. The molecule has 0 saturated heterocycles. The summed E-state index contributed by atoms with van der Waals surface area (Å²) in [6.45, 7) is 4.76. The van der Waals surface area contributed by atoms with E-state index in [0.29, 0.717) is 6.61 Å². The Morgan fingerprint density at radius 1 is 1.14 bits per heavy atom. The molecule has 112 valence electrons. The smallest absolute Gasteiger partial charge is 0.124 e. The molecule has 1 atom stereocenters. The third kappa shape index (κ3) is 3.68. The largest absolute Gasteiger partial charge is 0.494 e. The number of hydrogen-bond donors (Lipinski definition) is 1. The Morgan fingerprint density at radius 2 is 1.90 bits per heavy atom. The second-order valence-corrected chi connectivity index (χ2v) is 6.52. The summed E-state index contributed by atoms with van der Waals surface area (Å²) in [4.78, 5) is 0. The van der Waals surface area contributed by atoms with Crippen LogP contribution in [0.2, 0.25) is 0 Å². The van der Waals surface area contributed by atoms with Crippen molar-refractivity contribution in [1.29, 1.82) is 0 Å². The summed E-state index contributed by atoms with van der Waals surface area (Å²) in [5.74, 6) is 0.911. The number of benzene rings is 2. The zero-order chi connectivity index (χ0) is 15.4. The van der Waals surface area contributed by atoms with Gasteiger partial charge in [0.2, 0.25) is 0 Å². The fourth-order valence-corrected chi connectivity index (χ4v) is 3.28. The second-order valence-electron chi connectivity index (χ2n) is 4.81. The van der Waals surface area contributed by atoms with Crippen LogP contribution in [0.1, 0.15) is 29.7 Å². The Labute approximate surface area is 143 Å². The number of rotatable bonds is 5. The minimum absolute atomic E-state index is 0.0679. The summed E-state index contributed by atoms with van der Waals surface area (Å²) >= 11 is 7.26. The Morgan fingerprint density at radius 3 is 2.57 bits per heavy atom. The van der Waals surface area contributed by atoms with Crippen LogP contribution in [0.5, 0.6) is 5.75 Å². The van der Waals surface area contributed by atoms with E-state index in [0.717, 1.165) is 20.3 Å². The Kier molecular flexibility index (Phi) is 5.85. The first-order chi connectivity index (χ1) is 10.1. The zero-order valence-electron chi connectivity index (χ0n) is 12.4. The van der Waals surface area contributed by atoms with Gasteiger partial charge in [0, 0.05) is 14.5 Å². The summed E-state index contributed by atoms with van der Waals surface area (Å²) < 4.78 is 7.97. The third-order valence-corrected chi connectivity index (χ3v) is 4.98. The summed E-state index contributed by atoms with van der Waals surface area (Å²) in [6, 6.07) is 12.5. The molecule has 2 aromatic carbocycles. The lowest BCUT2D eigenvalue weighted by Gasteiger charge is -2.22. The van der Waals surface area contributed by atoms with Crippen molar-refractivity contribution in [1.82, 2.24) is 5.32 Å². The molecule has 1 unspecified atom stereocenters. The van der Waals surface area contributed by atoms with Gasteiger partial charge in [0.25, 0.3) is 0 Å². The van der Waals surface area contributed by atoms with Crippen molar-refractivity contribution in [3.8, 4) is 5.75 Å².